The van der Waals surface area contributed by atoms with E-state index in [-0.39, 0.29) is 17.6 Å². The van der Waals surface area contributed by atoms with Crippen molar-refractivity contribution in [2.45, 2.75) is 207 Å². The third kappa shape index (κ3) is 16.7. The molecule has 0 bridgehead atoms. The van der Waals surface area contributed by atoms with Crippen molar-refractivity contribution in [1.82, 2.24) is 5.32 Å². The zero-order chi connectivity index (χ0) is 42.1. The molecule has 12 heteroatoms. The average Bonchev–Trinajstić information content (AvgIpc) is 3.82. The van der Waals surface area contributed by atoms with Crippen molar-refractivity contribution in [3.8, 4) is 17.6 Å². The van der Waals surface area contributed by atoms with E-state index < -0.39 is 5.97 Å². The third-order valence-electron chi connectivity index (χ3n) is 10.7. The molecular formula is C47H72N2O6S4. The molecule has 0 saturated carbocycles. The highest BCUT2D eigenvalue weighted by Crippen LogP contribution is 2.68. The highest BCUT2D eigenvalue weighted by Gasteiger charge is 2.42. The summed E-state index contributed by atoms with van der Waals surface area (Å²) in [6, 6.07) is 2.15. The summed E-state index contributed by atoms with van der Waals surface area (Å²) >= 11 is 5.97. The second-order valence-corrected chi connectivity index (χ2v) is 20.5. The number of unbranched alkanes of at least 4 members (excludes halogenated alkanes) is 20. The molecule has 1 saturated heterocycles. The molecule has 59 heavy (non-hydrogen) atoms. The number of carbonyl (C=O) groups excluding carboxylic acids is 2. The fraction of sp³-hybridized carbons (Fsp3) is 0.723. The van der Waals surface area contributed by atoms with Crippen LogP contribution in [0.5, 0.6) is 11.5 Å². The monoisotopic (exact) mass is 888 g/mol. The van der Waals surface area contributed by atoms with E-state index in [4.69, 9.17) is 18.9 Å². The van der Waals surface area contributed by atoms with E-state index in [9.17, 15) is 14.9 Å². The summed E-state index contributed by atoms with van der Waals surface area (Å²) in [5.41, 5.74) is 0.717. The van der Waals surface area contributed by atoms with Crippen molar-refractivity contribution in [2.24, 2.45) is 0 Å². The first-order chi connectivity index (χ1) is 29.0. The van der Waals surface area contributed by atoms with Crippen LogP contribution >= 0.6 is 47.0 Å². The number of esters is 2. The van der Waals surface area contributed by atoms with Crippen LogP contribution in [0.1, 0.15) is 182 Å². The van der Waals surface area contributed by atoms with Crippen LogP contribution in [0.2, 0.25) is 0 Å². The van der Waals surface area contributed by atoms with Crippen molar-refractivity contribution in [1.29, 1.82) is 5.26 Å². The van der Waals surface area contributed by atoms with Crippen LogP contribution in [-0.4, -0.2) is 51.0 Å². The van der Waals surface area contributed by atoms with E-state index in [2.05, 4.69) is 39.1 Å². The molecule has 330 valence electrons. The molecule has 8 nitrogen and oxygen atoms in total. The quantitative estimate of drug-likeness (QED) is 0.0238. The molecule has 1 atom stereocenters. The van der Waals surface area contributed by atoms with Crippen molar-refractivity contribution in [3.05, 3.63) is 19.6 Å². The van der Waals surface area contributed by atoms with Crippen molar-refractivity contribution < 1.29 is 28.5 Å². The van der Waals surface area contributed by atoms with Gasteiger partial charge in [0.1, 0.15) is 17.6 Å². The van der Waals surface area contributed by atoms with E-state index >= 15 is 0 Å². The second-order valence-electron chi connectivity index (χ2n) is 15.9. The van der Waals surface area contributed by atoms with Gasteiger partial charge in [0.25, 0.3) is 0 Å². The summed E-state index contributed by atoms with van der Waals surface area (Å²) in [5, 5.41) is 13.7. The number of fused-ring (bicyclic) bond motifs is 2. The minimum absolute atomic E-state index is 0.0298. The van der Waals surface area contributed by atoms with E-state index in [1.165, 1.54) is 120 Å². The zero-order valence-electron chi connectivity index (χ0n) is 36.6. The number of hydrogen-bond donors (Lipinski definition) is 1. The Balaban J connectivity index is 1.63. The Morgan fingerprint density at radius 1 is 0.525 bits per heavy atom. The lowest BCUT2D eigenvalue weighted by Gasteiger charge is -2.18. The maximum absolute atomic E-state index is 13.8. The Labute approximate surface area is 373 Å². The van der Waals surface area contributed by atoms with E-state index in [0.717, 1.165) is 99.7 Å². The summed E-state index contributed by atoms with van der Waals surface area (Å²) in [5.74, 6) is 0.671. The van der Waals surface area contributed by atoms with Gasteiger partial charge in [0.05, 0.1) is 66.1 Å². The van der Waals surface area contributed by atoms with Gasteiger partial charge >= 0.3 is 11.9 Å². The van der Waals surface area contributed by atoms with Gasteiger partial charge in [-0.3, -0.25) is 0 Å². The number of ether oxygens (including phenoxy) is 4. The summed E-state index contributed by atoms with van der Waals surface area (Å²) in [6.07, 6.45) is 27.1. The van der Waals surface area contributed by atoms with Gasteiger partial charge in [0.15, 0.2) is 5.57 Å². The molecule has 0 amide bonds. The fourth-order valence-electron chi connectivity index (χ4n) is 7.04. The maximum Gasteiger partial charge on any atom is 0.350 e. The third-order valence-corrected chi connectivity index (χ3v) is 15.9. The highest BCUT2D eigenvalue weighted by atomic mass is 32.2. The minimum atomic E-state index is -0.574. The van der Waals surface area contributed by atoms with E-state index in [1.807, 2.05) is 0 Å². The van der Waals surface area contributed by atoms with Crippen LogP contribution in [0.25, 0.3) is 0 Å². The van der Waals surface area contributed by atoms with Crippen molar-refractivity contribution in [3.63, 3.8) is 0 Å². The molecule has 0 spiro atoms. The predicted octanol–water partition coefficient (Wildman–Crippen LogP) is 14.3. The van der Waals surface area contributed by atoms with Gasteiger partial charge < -0.3 is 24.3 Å². The molecule has 3 aliphatic rings. The smallest absolute Gasteiger partial charge is 0.350 e. The topological polar surface area (TPSA) is 117 Å². The normalized spacial score (nSPS) is 15.1. The predicted molar refractivity (Wildman–Crippen MR) is 248 cm³/mol. The van der Waals surface area contributed by atoms with Crippen LogP contribution in [0.4, 0.5) is 0 Å². The average molecular weight is 889 g/mol. The largest absolute Gasteiger partial charge is 0.491 e. The minimum Gasteiger partial charge on any atom is -0.491 e. The van der Waals surface area contributed by atoms with Gasteiger partial charge in [0, 0.05) is 6.54 Å². The fourth-order valence-corrected chi connectivity index (χ4v) is 12.6. The highest BCUT2D eigenvalue weighted by molar-refractivity contribution is 8.26. The Kier molecular flexibility index (Phi) is 24.8. The van der Waals surface area contributed by atoms with Crippen molar-refractivity contribution in [2.75, 3.05) is 33.0 Å². The number of thioether (sulfide) groups is 4. The van der Waals surface area contributed by atoms with Gasteiger partial charge in [-0.1, -0.05) is 203 Å². The molecule has 1 N–H and O–H groups in total. The first kappa shape index (κ1) is 49.7. The summed E-state index contributed by atoms with van der Waals surface area (Å²) in [4.78, 5) is 30.8. The van der Waals surface area contributed by atoms with Gasteiger partial charge in [-0.05, 0) is 25.7 Å². The van der Waals surface area contributed by atoms with Crippen LogP contribution in [0.3, 0.4) is 0 Å². The molecule has 1 fully saturated rings. The molecule has 1 aromatic carbocycles. The molecule has 3 aliphatic heterocycles. The lowest BCUT2D eigenvalue weighted by atomic mass is 10.1. The Morgan fingerprint density at radius 3 is 1.24 bits per heavy atom. The molecule has 1 aromatic rings. The Hall–Kier alpha value is -1.91. The number of rotatable bonds is 33. The van der Waals surface area contributed by atoms with Gasteiger partial charge in [-0.25, -0.2) is 9.59 Å². The first-order valence-corrected chi connectivity index (χ1v) is 26.4. The number of carbonyl (C=O) groups is 2. The lowest BCUT2D eigenvalue weighted by molar-refractivity contribution is -0.139. The molecule has 0 aromatic heterocycles. The summed E-state index contributed by atoms with van der Waals surface area (Å²) in [6.45, 7) is 11.5. The zero-order valence-corrected chi connectivity index (χ0v) is 39.9. The van der Waals surface area contributed by atoms with E-state index in [1.54, 1.807) is 23.5 Å². The summed E-state index contributed by atoms with van der Waals surface area (Å²) < 4.78 is 26.6. The van der Waals surface area contributed by atoms with Crippen LogP contribution in [0.15, 0.2) is 39.2 Å². The SMILES string of the molecule is CCCCCCCCOC(=O)C(C#N)=C1Sc2c(OCCCCCCCC)c3c(c(OCCCCCCCC)c2S1)SC(=C(C(=O)OCCCCCCCC)[C@H]1CN1)S3. The van der Waals surface area contributed by atoms with Gasteiger partial charge in [-0.2, -0.15) is 5.26 Å². The number of nitriles is 1. The van der Waals surface area contributed by atoms with Gasteiger partial charge in [-0.15, -0.1) is 0 Å². The number of hydrogen-bond acceptors (Lipinski definition) is 12. The lowest BCUT2D eigenvalue weighted by Crippen LogP contribution is -2.15. The van der Waals surface area contributed by atoms with Crippen LogP contribution in [0, 0.1) is 11.3 Å². The Bertz CT molecular complexity index is 1510. The molecule has 0 unspecified atom stereocenters. The standard InChI is InChI=1S/C47H72N2O6S4/c1-5-9-13-17-21-25-29-52-38-40-41(57-46(56-40)35(33-48)44(50)54-31-27-23-19-15-11-7-3)39(53-30-26-22-18-14-10-6-2)43-42(38)58-47(59-43)37(36-34-49-36)45(51)55-32-28-24-20-16-12-8-4/h36,49H,5-32,34H2,1-4H3/t36-/m1/s1. The first-order valence-electron chi connectivity index (χ1n) is 23.2. The van der Waals surface area contributed by atoms with Crippen LogP contribution in [-0.2, 0) is 19.1 Å². The summed E-state index contributed by atoms with van der Waals surface area (Å²) in [7, 11) is 0. The molecular weight excluding hydrogens is 817 g/mol. The second kappa shape index (κ2) is 29.4. The molecule has 3 heterocycles. The number of nitrogens with zero attached hydrogens (tertiary/aromatic N) is 1. The molecule has 4 rings (SSSR count). The van der Waals surface area contributed by atoms with Crippen molar-refractivity contribution >= 4 is 59.0 Å². The molecule has 0 radical (unpaired) electrons. The number of nitrogens with one attached hydrogen (secondary N) is 1. The van der Waals surface area contributed by atoms with Crippen LogP contribution < -0.4 is 14.8 Å². The Morgan fingerprint density at radius 2 is 0.864 bits per heavy atom. The number of benzene rings is 1. The van der Waals surface area contributed by atoms with E-state index in [0.29, 0.717) is 36.2 Å². The molecule has 0 aliphatic carbocycles. The maximum atomic E-state index is 13.8. The van der Waals surface area contributed by atoms with Gasteiger partial charge in [0.2, 0.25) is 0 Å².